The van der Waals surface area contributed by atoms with Crippen molar-refractivity contribution < 1.29 is 26.3 Å². The second-order valence-electron chi connectivity index (χ2n) is 5.64. The first kappa shape index (κ1) is 20.6. The van der Waals surface area contributed by atoms with Crippen molar-refractivity contribution in [2.45, 2.75) is 32.2 Å². The van der Waals surface area contributed by atoms with Crippen molar-refractivity contribution in [2.24, 2.45) is 0 Å². The molecule has 0 atom stereocenters. The first-order valence-electron chi connectivity index (χ1n) is 7.08. The summed E-state index contributed by atoms with van der Waals surface area (Å²) in [6.07, 6.45) is -10.7. The molecule has 1 aromatic carbocycles. The van der Waals surface area contributed by atoms with Crippen LogP contribution in [0.1, 0.15) is 36.7 Å². The van der Waals surface area contributed by atoms with Crippen LogP contribution in [0.5, 0.6) is 0 Å². The Bertz CT molecular complexity index is 890. The number of hydrogen-bond donors (Lipinski definition) is 0. The summed E-state index contributed by atoms with van der Waals surface area (Å²) in [6, 6.07) is 4.23. The normalized spacial score (nSPS) is 12.5. The molecule has 26 heavy (non-hydrogen) atoms. The maximum absolute atomic E-state index is 13.5. The van der Waals surface area contributed by atoms with E-state index in [9.17, 15) is 31.6 Å². The molecule has 1 aromatic heterocycles. The molecule has 2 rings (SSSR count). The van der Waals surface area contributed by atoms with Crippen LogP contribution in [0.25, 0.3) is 11.3 Å². The van der Waals surface area contributed by atoms with Gasteiger partial charge in [0.25, 0.3) is 0 Å². The van der Waals surface area contributed by atoms with Gasteiger partial charge in [-0.2, -0.15) is 31.6 Å². The zero-order valence-electron chi connectivity index (χ0n) is 13.2. The fourth-order valence-electron chi connectivity index (χ4n) is 2.72. The summed E-state index contributed by atoms with van der Waals surface area (Å²) in [5.74, 6) is 0. The Morgan fingerprint density at radius 3 is 2.08 bits per heavy atom. The van der Waals surface area contributed by atoms with E-state index in [0.717, 1.165) is 0 Å². The molecule has 2 nitrogen and oxygen atoms in total. The molecule has 0 radical (unpaired) electrons. The molecule has 0 aliphatic heterocycles. The fraction of sp³-hybridized carbons (Fsp3) is 0.312. The van der Waals surface area contributed by atoms with Gasteiger partial charge in [-0.15, -0.1) is 0 Å². The van der Waals surface area contributed by atoms with Crippen molar-refractivity contribution in [3.05, 3.63) is 44.5 Å². The van der Waals surface area contributed by atoms with Gasteiger partial charge in [-0.05, 0) is 26.0 Å². The van der Waals surface area contributed by atoms with Crippen LogP contribution in [0.4, 0.5) is 26.3 Å². The zero-order chi connectivity index (χ0) is 20.0. The summed E-state index contributed by atoms with van der Waals surface area (Å²) >= 11 is 8.90. The van der Waals surface area contributed by atoms with E-state index in [2.05, 4.69) is 15.9 Å². The Balaban J connectivity index is 3.11. The molecular formula is C16H10BrClF6N2. The molecule has 0 fully saturated rings. The number of rotatable bonds is 2. The summed E-state index contributed by atoms with van der Waals surface area (Å²) in [5.41, 5.74) is -5.43. The highest BCUT2D eigenvalue weighted by molar-refractivity contribution is 9.10. The van der Waals surface area contributed by atoms with Crippen LogP contribution in [-0.4, -0.2) is 4.57 Å². The number of benzene rings is 1. The monoisotopic (exact) mass is 458 g/mol. The lowest BCUT2D eigenvalue weighted by molar-refractivity contribution is -0.166. The first-order valence-corrected chi connectivity index (χ1v) is 8.25. The molecule has 0 saturated carbocycles. The molecule has 0 bridgehead atoms. The SMILES string of the molecule is CC(C)n1c(-c2ccc(Cl)cc2Br)c(C#N)c(C(F)(F)F)c1C(F)(F)F. The topological polar surface area (TPSA) is 28.7 Å². The van der Waals surface area contributed by atoms with Crippen LogP contribution in [0.15, 0.2) is 22.7 Å². The smallest absolute Gasteiger partial charge is 0.333 e. The Hall–Kier alpha value is -1.66. The molecule has 0 amide bonds. The quantitative estimate of drug-likeness (QED) is 0.442. The third-order valence-electron chi connectivity index (χ3n) is 3.57. The number of nitriles is 1. The highest BCUT2D eigenvalue weighted by Crippen LogP contribution is 2.49. The largest absolute Gasteiger partial charge is 0.432 e. The maximum Gasteiger partial charge on any atom is 0.432 e. The van der Waals surface area contributed by atoms with E-state index in [-0.39, 0.29) is 15.1 Å². The summed E-state index contributed by atoms with van der Waals surface area (Å²) in [7, 11) is 0. The molecule has 2 aromatic rings. The minimum absolute atomic E-state index is 0.000602. The Morgan fingerprint density at radius 2 is 1.69 bits per heavy atom. The molecule has 10 heteroatoms. The minimum Gasteiger partial charge on any atom is -0.333 e. The summed E-state index contributed by atoms with van der Waals surface area (Å²) < 4.78 is 81.7. The van der Waals surface area contributed by atoms with Crippen LogP contribution >= 0.6 is 27.5 Å². The highest BCUT2D eigenvalue weighted by atomic mass is 79.9. The second kappa shape index (κ2) is 6.82. The van der Waals surface area contributed by atoms with Gasteiger partial charge in [0.1, 0.15) is 17.3 Å². The van der Waals surface area contributed by atoms with Crippen LogP contribution < -0.4 is 0 Å². The first-order chi connectivity index (χ1) is 11.8. The third kappa shape index (κ3) is 3.58. The van der Waals surface area contributed by atoms with Gasteiger partial charge >= 0.3 is 12.4 Å². The zero-order valence-corrected chi connectivity index (χ0v) is 15.6. The van der Waals surface area contributed by atoms with E-state index in [4.69, 9.17) is 11.6 Å². The van der Waals surface area contributed by atoms with Crippen LogP contribution in [0.3, 0.4) is 0 Å². The average molecular weight is 460 g/mol. The lowest BCUT2D eigenvalue weighted by atomic mass is 10.0. The summed E-state index contributed by atoms with van der Waals surface area (Å²) in [6.45, 7) is 2.62. The van der Waals surface area contributed by atoms with Gasteiger partial charge in [0.05, 0.1) is 11.3 Å². The summed E-state index contributed by atoms with van der Waals surface area (Å²) in [4.78, 5) is 0. The van der Waals surface area contributed by atoms with Crippen molar-refractivity contribution in [1.82, 2.24) is 4.57 Å². The highest BCUT2D eigenvalue weighted by Gasteiger charge is 2.50. The van der Waals surface area contributed by atoms with E-state index in [1.807, 2.05) is 0 Å². The van der Waals surface area contributed by atoms with Gasteiger partial charge in [0.15, 0.2) is 0 Å². The molecule has 0 spiro atoms. The number of aromatic nitrogens is 1. The van der Waals surface area contributed by atoms with Crippen LogP contribution in [0.2, 0.25) is 5.02 Å². The fourth-order valence-corrected chi connectivity index (χ4v) is 3.59. The van der Waals surface area contributed by atoms with Gasteiger partial charge in [-0.25, -0.2) is 0 Å². The molecule has 1 heterocycles. The predicted molar refractivity (Wildman–Crippen MR) is 87.7 cm³/mol. The van der Waals surface area contributed by atoms with Gasteiger partial charge in [-0.3, -0.25) is 0 Å². The van der Waals surface area contributed by atoms with E-state index < -0.39 is 40.9 Å². The lowest BCUT2D eigenvalue weighted by Crippen LogP contribution is -2.21. The lowest BCUT2D eigenvalue weighted by Gasteiger charge is -2.20. The number of hydrogen-bond acceptors (Lipinski definition) is 1. The second-order valence-corrected chi connectivity index (χ2v) is 6.93. The summed E-state index contributed by atoms with van der Waals surface area (Å²) in [5, 5.41) is 9.51. The van der Waals surface area contributed by atoms with Crippen molar-refractivity contribution in [1.29, 1.82) is 5.26 Å². The molecular weight excluding hydrogens is 450 g/mol. The van der Waals surface area contributed by atoms with Crippen molar-refractivity contribution in [2.75, 3.05) is 0 Å². The van der Waals surface area contributed by atoms with Gasteiger partial charge < -0.3 is 4.57 Å². The molecule has 0 N–H and O–H groups in total. The van der Waals surface area contributed by atoms with Crippen molar-refractivity contribution in [3.8, 4) is 17.3 Å². The number of nitrogens with zero attached hydrogens (tertiary/aromatic N) is 2. The minimum atomic E-state index is -5.36. The third-order valence-corrected chi connectivity index (χ3v) is 4.46. The standard InChI is InChI=1S/C16H10BrClF6N2/c1-7(2)26-13(9-4-3-8(18)5-11(9)17)10(6-25)12(15(19,20)21)14(26)16(22,23)24/h3-5,7H,1-2H3. The van der Waals surface area contributed by atoms with Gasteiger partial charge in [-0.1, -0.05) is 33.6 Å². The molecule has 0 aliphatic rings. The average Bonchev–Trinajstić information content (AvgIpc) is 2.82. The Morgan fingerprint density at radius 1 is 1.12 bits per heavy atom. The van der Waals surface area contributed by atoms with E-state index in [1.165, 1.54) is 38.1 Å². The van der Waals surface area contributed by atoms with E-state index in [1.54, 1.807) is 0 Å². The molecule has 0 unspecified atom stereocenters. The van der Waals surface area contributed by atoms with E-state index >= 15 is 0 Å². The predicted octanol–water partition coefficient (Wildman–Crippen LogP) is 7.06. The van der Waals surface area contributed by atoms with Crippen LogP contribution in [-0.2, 0) is 12.4 Å². The van der Waals surface area contributed by atoms with E-state index in [0.29, 0.717) is 4.57 Å². The Labute approximate surface area is 158 Å². The van der Waals surface area contributed by atoms with Crippen molar-refractivity contribution >= 4 is 27.5 Å². The van der Waals surface area contributed by atoms with Gasteiger partial charge in [0, 0.05) is 21.1 Å². The van der Waals surface area contributed by atoms with Crippen LogP contribution in [0, 0.1) is 11.3 Å². The molecule has 0 aliphatic carbocycles. The molecule has 0 saturated heterocycles. The number of alkyl halides is 6. The maximum atomic E-state index is 13.5. The molecule has 140 valence electrons. The van der Waals surface area contributed by atoms with Crippen molar-refractivity contribution in [3.63, 3.8) is 0 Å². The Kier molecular flexibility index (Phi) is 5.41. The van der Waals surface area contributed by atoms with Gasteiger partial charge in [0.2, 0.25) is 0 Å². The number of halogens is 8.